The van der Waals surface area contributed by atoms with E-state index in [0.29, 0.717) is 46.1 Å². The van der Waals surface area contributed by atoms with Gasteiger partial charge in [0.25, 0.3) is 0 Å². The van der Waals surface area contributed by atoms with Crippen LogP contribution in [-0.2, 0) is 16.0 Å². The number of hydrogen-bond acceptors (Lipinski definition) is 13. The van der Waals surface area contributed by atoms with Crippen LogP contribution in [0.3, 0.4) is 0 Å². The quantitative estimate of drug-likeness (QED) is 0.163. The number of aliphatic hydroxyl groups is 4. The number of benzene rings is 3. The largest absolute Gasteiger partial charge is 0.508 e. The highest BCUT2D eigenvalue weighted by Crippen LogP contribution is 2.59. The van der Waals surface area contributed by atoms with Gasteiger partial charge in [0.05, 0.1) is 26.7 Å². The topological polar surface area (TPSA) is 206 Å². The number of aliphatic hydroxyl groups excluding tert-OH is 4. The fourth-order valence-corrected chi connectivity index (χ4v) is 6.70. The molecule has 14 heteroatoms. The number of likely N-dealkylation sites (N-methyl/N-ethyl adjacent to an activating group) is 1. The Balaban J connectivity index is 1.46. The molecule has 7 atom stereocenters. The number of aromatic hydroxyl groups is 1. The Morgan fingerprint density at radius 2 is 1.85 bits per heavy atom. The summed E-state index contributed by atoms with van der Waals surface area (Å²) in [5.41, 5.74) is 0.992. The third-order valence-corrected chi connectivity index (χ3v) is 8.90. The first-order chi connectivity index (χ1) is 22.6. The summed E-state index contributed by atoms with van der Waals surface area (Å²) in [7, 11) is 4.47. The van der Waals surface area contributed by atoms with Crippen LogP contribution in [0.2, 0.25) is 0 Å². The Bertz CT molecular complexity index is 1660. The SMILES string of the molecule is CNC[C@@]1(C(=O)O)O[C@@H](Oc2cc3c(c(-c4cccc(O)c4)c2)[C@@H]2Oc4c(OC)c(OC)cc(CCO)c4[C@H]2CO3)[C@H](O)[C@@H](O)[C@@H]1O. The molecule has 6 rings (SSSR count). The highest BCUT2D eigenvalue weighted by atomic mass is 16.7. The van der Waals surface area contributed by atoms with Crippen LogP contribution in [0.1, 0.15) is 28.7 Å². The summed E-state index contributed by atoms with van der Waals surface area (Å²) in [4.78, 5) is 12.3. The number of phenols is 1. The first-order valence-corrected chi connectivity index (χ1v) is 15.0. The Morgan fingerprint density at radius 1 is 1.06 bits per heavy atom. The van der Waals surface area contributed by atoms with Crippen molar-refractivity contribution in [3.8, 4) is 45.6 Å². The van der Waals surface area contributed by atoms with E-state index in [-0.39, 0.29) is 30.6 Å². The van der Waals surface area contributed by atoms with E-state index in [1.807, 2.05) is 6.07 Å². The van der Waals surface area contributed by atoms with Gasteiger partial charge in [0, 0.05) is 30.3 Å². The van der Waals surface area contributed by atoms with Crippen molar-refractivity contribution >= 4 is 5.97 Å². The molecule has 14 nitrogen and oxygen atoms in total. The lowest BCUT2D eigenvalue weighted by atomic mass is 9.83. The highest BCUT2D eigenvalue weighted by molar-refractivity contribution is 5.79. The Morgan fingerprint density at radius 3 is 2.51 bits per heavy atom. The minimum absolute atomic E-state index is 0.00966. The van der Waals surface area contributed by atoms with E-state index < -0.39 is 48.8 Å². The van der Waals surface area contributed by atoms with Crippen LogP contribution in [0.15, 0.2) is 42.5 Å². The summed E-state index contributed by atoms with van der Waals surface area (Å²) in [6.07, 6.45) is -7.69. The molecule has 3 aliphatic heterocycles. The molecule has 0 aliphatic carbocycles. The predicted octanol–water partition coefficient (Wildman–Crippen LogP) is 1.08. The standard InChI is InChI=1S/C33H37NO13/c1-34-14-33(32(40)41)30(39)25(37)26(38)31(47-33)45-18-11-19(15-5-4-6-17(36)9-15)24-21(12-18)44-13-20-23-16(7-8-35)10-22(42-2)28(43-3)29(23)46-27(20)24/h4-6,9-12,20,25-27,30-31,34-39H,7-8,13-14H2,1-3H3,(H,40,41)/t20-,25-,26-,27-,30+,31-,33-/m1/s1. The summed E-state index contributed by atoms with van der Waals surface area (Å²) in [6, 6.07) is 11.4. The molecule has 0 unspecified atom stereocenters. The van der Waals surface area contributed by atoms with E-state index in [4.69, 9.17) is 28.4 Å². The summed E-state index contributed by atoms with van der Waals surface area (Å²) in [6.45, 7) is -0.341. The van der Waals surface area contributed by atoms with Gasteiger partial charge in [-0.3, -0.25) is 0 Å². The maximum Gasteiger partial charge on any atom is 0.340 e. The molecule has 0 spiro atoms. The van der Waals surface area contributed by atoms with Crippen molar-refractivity contribution < 1.29 is 63.9 Å². The number of fused-ring (bicyclic) bond motifs is 5. The number of carboxylic acid groups (broad SMARTS) is 1. The molecule has 252 valence electrons. The monoisotopic (exact) mass is 655 g/mol. The summed E-state index contributed by atoms with van der Waals surface area (Å²) in [5.74, 6) is -0.173. The number of ether oxygens (including phenoxy) is 6. The van der Waals surface area contributed by atoms with E-state index in [1.165, 1.54) is 33.4 Å². The van der Waals surface area contributed by atoms with Crippen molar-refractivity contribution in [2.24, 2.45) is 0 Å². The van der Waals surface area contributed by atoms with Crippen molar-refractivity contribution in [3.05, 3.63) is 59.2 Å². The number of methoxy groups -OCH3 is 2. The normalized spacial score (nSPS) is 27.5. The minimum atomic E-state index is -2.33. The molecular formula is C33H37NO13. The fourth-order valence-electron chi connectivity index (χ4n) is 6.70. The van der Waals surface area contributed by atoms with Gasteiger partial charge in [-0.2, -0.15) is 0 Å². The fraction of sp³-hybridized carbons (Fsp3) is 0.424. The summed E-state index contributed by atoms with van der Waals surface area (Å²) in [5, 5.41) is 64.9. The van der Waals surface area contributed by atoms with Crippen LogP contribution in [0, 0.1) is 0 Å². The van der Waals surface area contributed by atoms with Gasteiger partial charge in [-0.15, -0.1) is 0 Å². The Hall–Kier alpha value is -4.31. The van der Waals surface area contributed by atoms with Gasteiger partial charge in [0.1, 0.15) is 41.7 Å². The van der Waals surface area contributed by atoms with Crippen LogP contribution in [-0.4, -0.2) is 108 Å². The molecule has 0 aromatic heterocycles. The number of nitrogens with one attached hydrogen (secondary N) is 1. The molecule has 3 aliphatic rings. The second-order valence-electron chi connectivity index (χ2n) is 11.6. The second-order valence-corrected chi connectivity index (χ2v) is 11.6. The third-order valence-electron chi connectivity index (χ3n) is 8.90. The average Bonchev–Trinajstić information content (AvgIpc) is 3.45. The van der Waals surface area contributed by atoms with Crippen LogP contribution < -0.4 is 29.0 Å². The molecule has 0 radical (unpaired) electrons. The summed E-state index contributed by atoms with van der Waals surface area (Å²) < 4.78 is 35.9. The molecule has 0 saturated carbocycles. The third kappa shape index (κ3) is 5.36. The van der Waals surface area contributed by atoms with Crippen molar-refractivity contribution in [2.75, 3.05) is 41.0 Å². The molecule has 47 heavy (non-hydrogen) atoms. The van der Waals surface area contributed by atoms with Gasteiger partial charge in [0.2, 0.25) is 17.6 Å². The van der Waals surface area contributed by atoms with Crippen molar-refractivity contribution in [2.45, 2.75) is 48.6 Å². The number of carbonyl (C=O) groups is 1. The zero-order chi connectivity index (χ0) is 33.6. The van der Waals surface area contributed by atoms with Gasteiger partial charge in [-0.1, -0.05) is 12.1 Å². The molecule has 1 fully saturated rings. The van der Waals surface area contributed by atoms with Gasteiger partial charge in [-0.25, -0.2) is 4.79 Å². The van der Waals surface area contributed by atoms with Gasteiger partial charge >= 0.3 is 5.97 Å². The van der Waals surface area contributed by atoms with Crippen LogP contribution in [0.25, 0.3) is 11.1 Å². The van der Waals surface area contributed by atoms with Crippen molar-refractivity contribution in [1.82, 2.24) is 5.32 Å². The first-order valence-electron chi connectivity index (χ1n) is 15.0. The highest BCUT2D eigenvalue weighted by Gasteiger charge is 2.59. The van der Waals surface area contributed by atoms with Crippen LogP contribution >= 0.6 is 0 Å². The van der Waals surface area contributed by atoms with E-state index in [2.05, 4.69) is 5.32 Å². The van der Waals surface area contributed by atoms with Crippen molar-refractivity contribution in [1.29, 1.82) is 0 Å². The van der Waals surface area contributed by atoms with Gasteiger partial charge in [0.15, 0.2) is 11.5 Å². The minimum Gasteiger partial charge on any atom is -0.508 e. The number of aliphatic carboxylic acids is 1. The maximum absolute atomic E-state index is 12.3. The number of phenolic OH excluding ortho intramolecular Hbond substituents is 1. The molecule has 3 heterocycles. The lowest BCUT2D eigenvalue weighted by molar-refractivity contribution is -0.305. The van der Waals surface area contributed by atoms with E-state index in [9.17, 15) is 35.4 Å². The summed E-state index contributed by atoms with van der Waals surface area (Å²) >= 11 is 0. The van der Waals surface area contributed by atoms with E-state index in [1.54, 1.807) is 24.3 Å². The van der Waals surface area contributed by atoms with Crippen LogP contribution in [0.4, 0.5) is 0 Å². The average molecular weight is 656 g/mol. The number of carboxylic acids is 1. The van der Waals surface area contributed by atoms with E-state index in [0.717, 1.165) is 11.1 Å². The lowest BCUT2D eigenvalue weighted by Crippen LogP contribution is -2.71. The van der Waals surface area contributed by atoms with Gasteiger partial charge < -0.3 is 64.4 Å². The Labute approximate surface area is 269 Å². The molecule has 3 aromatic rings. The molecule has 0 bridgehead atoms. The predicted molar refractivity (Wildman–Crippen MR) is 163 cm³/mol. The molecule has 3 aromatic carbocycles. The zero-order valence-corrected chi connectivity index (χ0v) is 25.9. The maximum atomic E-state index is 12.3. The second kappa shape index (κ2) is 12.7. The smallest absolute Gasteiger partial charge is 0.340 e. The molecule has 7 N–H and O–H groups in total. The molecule has 1 saturated heterocycles. The lowest BCUT2D eigenvalue weighted by Gasteiger charge is -2.45. The van der Waals surface area contributed by atoms with Crippen molar-refractivity contribution in [3.63, 3.8) is 0 Å². The first kappa shape index (κ1) is 32.6. The number of hydrogen-bond donors (Lipinski definition) is 7. The van der Waals surface area contributed by atoms with Gasteiger partial charge in [-0.05, 0) is 54.4 Å². The molecule has 0 amide bonds. The Kier molecular flexibility index (Phi) is 8.82. The zero-order valence-electron chi connectivity index (χ0n) is 25.9. The van der Waals surface area contributed by atoms with Crippen LogP contribution in [0.5, 0.6) is 34.5 Å². The number of rotatable bonds is 10. The molecular weight excluding hydrogens is 618 g/mol. The van der Waals surface area contributed by atoms with E-state index >= 15 is 0 Å².